The van der Waals surface area contributed by atoms with E-state index >= 15 is 0 Å². The lowest BCUT2D eigenvalue weighted by Crippen LogP contribution is -2.38. The number of para-hydroxylation sites is 3. The number of morpholine rings is 1. The third-order valence-electron chi connectivity index (χ3n) is 5.82. The molecule has 0 radical (unpaired) electrons. The predicted molar refractivity (Wildman–Crippen MR) is 128 cm³/mol. The highest BCUT2D eigenvalue weighted by Gasteiger charge is 2.25. The normalized spacial score (nSPS) is 14.0. The van der Waals surface area contributed by atoms with Gasteiger partial charge in [0.15, 0.2) is 5.82 Å². The first-order valence-electron chi connectivity index (χ1n) is 11.2. The molecule has 2 aromatic heterocycles. The van der Waals surface area contributed by atoms with Crippen molar-refractivity contribution >= 4 is 22.9 Å². The summed E-state index contributed by atoms with van der Waals surface area (Å²) in [6, 6.07) is 14.6. The van der Waals surface area contributed by atoms with Gasteiger partial charge in [0.05, 0.1) is 31.4 Å². The summed E-state index contributed by atoms with van der Waals surface area (Å²) < 4.78 is 40.3. The standard InChI is InChI=1S/C24H25F2N7O2/c1-31(15-16-7-3-6-10-19(16)34-2)22-28-23(32-11-13-35-14-12-32)30-24(29-22)33-18-9-5-4-8-17(18)27-21(33)20(25)26/h3-10,20H,11-15H2,1-2H3. The van der Waals surface area contributed by atoms with Crippen LogP contribution >= 0.6 is 0 Å². The van der Waals surface area contributed by atoms with Gasteiger partial charge in [-0.2, -0.15) is 15.0 Å². The fraction of sp³-hybridized carbons (Fsp3) is 0.333. The molecule has 1 aliphatic heterocycles. The van der Waals surface area contributed by atoms with Crippen LogP contribution in [0.3, 0.4) is 0 Å². The van der Waals surface area contributed by atoms with Crippen molar-refractivity contribution in [3.05, 3.63) is 59.9 Å². The Bertz CT molecular complexity index is 1320. The van der Waals surface area contributed by atoms with Crippen molar-refractivity contribution in [2.24, 2.45) is 0 Å². The van der Waals surface area contributed by atoms with E-state index in [2.05, 4.69) is 19.9 Å². The number of alkyl halides is 2. The molecule has 35 heavy (non-hydrogen) atoms. The van der Waals surface area contributed by atoms with Gasteiger partial charge in [-0.3, -0.25) is 4.57 Å². The summed E-state index contributed by atoms with van der Waals surface area (Å²) in [7, 11) is 3.46. The van der Waals surface area contributed by atoms with Crippen molar-refractivity contribution in [1.29, 1.82) is 0 Å². The van der Waals surface area contributed by atoms with E-state index in [9.17, 15) is 8.78 Å². The Labute approximate surface area is 201 Å². The summed E-state index contributed by atoms with van der Waals surface area (Å²) in [5.41, 5.74) is 1.88. The molecular formula is C24H25F2N7O2. The van der Waals surface area contributed by atoms with E-state index in [1.165, 1.54) is 4.57 Å². The quantitative estimate of drug-likeness (QED) is 0.396. The van der Waals surface area contributed by atoms with Gasteiger partial charge in [0.2, 0.25) is 17.8 Å². The number of aromatic nitrogens is 5. The highest BCUT2D eigenvalue weighted by atomic mass is 19.3. The van der Waals surface area contributed by atoms with Gasteiger partial charge in [-0.1, -0.05) is 30.3 Å². The van der Waals surface area contributed by atoms with Crippen LogP contribution in [0, 0.1) is 0 Å². The second-order valence-corrected chi connectivity index (χ2v) is 8.10. The molecule has 0 aliphatic carbocycles. The van der Waals surface area contributed by atoms with Gasteiger partial charge in [0.1, 0.15) is 5.75 Å². The number of halogens is 2. The number of fused-ring (bicyclic) bond motifs is 1. The average Bonchev–Trinajstić information content (AvgIpc) is 3.29. The summed E-state index contributed by atoms with van der Waals surface area (Å²) in [5.74, 6) is 1.16. The lowest BCUT2D eigenvalue weighted by atomic mass is 10.2. The van der Waals surface area contributed by atoms with Crippen molar-refractivity contribution in [3.63, 3.8) is 0 Å². The molecule has 0 bridgehead atoms. The maximum absolute atomic E-state index is 14.0. The molecule has 2 aromatic carbocycles. The van der Waals surface area contributed by atoms with Gasteiger partial charge < -0.3 is 19.3 Å². The molecule has 1 aliphatic rings. The Morgan fingerprint density at radius 2 is 1.69 bits per heavy atom. The van der Waals surface area contributed by atoms with Gasteiger partial charge in [-0.05, 0) is 18.2 Å². The Morgan fingerprint density at radius 3 is 2.46 bits per heavy atom. The van der Waals surface area contributed by atoms with Crippen molar-refractivity contribution in [1.82, 2.24) is 24.5 Å². The molecule has 182 valence electrons. The number of benzene rings is 2. The molecule has 0 atom stereocenters. The van der Waals surface area contributed by atoms with Crippen LogP contribution < -0.4 is 14.5 Å². The number of ether oxygens (including phenoxy) is 2. The van der Waals surface area contributed by atoms with Crippen molar-refractivity contribution in [3.8, 4) is 11.7 Å². The zero-order valence-corrected chi connectivity index (χ0v) is 19.4. The SMILES string of the molecule is COc1ccccc1CN(C)c1nc(N2CCOCC2)nc(-n2c(C(F)F)nc3ccccc32)n1. The number of rotatable bonds is 7. The third kappa shape index (κ3) is 4.59. The predicted octanol–water partition coefficient (Wildman–Crippen LogP) is 3.63. The minimum atomic E-state index is -2.80. The molecule has 11 heteroatoms. The molecule has 0 amide bonds. The van der Waals surface area contributed by atoms with Crippen LogP contribution in [0.5, 0.6) is 5.75 Å². The maximum Gasteiger partial charge on any atom is 0.296 e. The average molecular weight is 482 g/mol. The van der Waals surface area contributed by atoms with Crippen LogP contribution in [0.2, 0.25) is 0 Å². The Hall–Kier alpha value is -3.86. The minimum absolute atomic E-state index is 0.0902. The second kappa shape index (κ2) is 9.79. The molecule has 0 unspecified atom stereocenters. The number of hydrogen-bond donors (Lipinski definition) is 0. The molecule has 0 N–H and O–H groups in total. The van der Waals surface area contributed by atoms with Crippen LogP contribution in [0.25, 0.3) is 17.0 Å². The van der Waals surface area contributed by atoms with E-state index in [0.717, 1.165) is 11.3 Å². The Balaban J connectivity index is 1.63. The summed E-state index contributed by atoms with van der Waals surface area (Å²) >= 11 is 0. The largest absolute Gasteiger partial charge is 0.496 e. The Kier molecular flexibility index (Phi) is 6.41. The van der Waals surface area contributed by atoms with E-state index in [0.29, 0.717) is 55.8 Å². The fourth-order valence-corrected chi connectivity index (χ4v) is 4.08. The molecule has 1 saturated heterocycles. The zero-order chi connectivity index (χ0) is 24.4. The van der Waals surface area contributed by atoms with E-state index in [4.69, 9.17) is 9.47 Å². The molecule has 1 fully saturated rings. The molecule has 9 nitrogen and oxygen atoms in total. The van der Waals surface area contributed by atoms with E-state index in [-0.39, 0.29) is 5.95 Å². The molecule has 4 aromatic rings. The third-order valence-corrected chi connectivity index (χ3v) is 5.82. The number of methoxy groups -OCH3 is 1. The number of anilines is 2. The van der Waals surface area contributed by atoms with E-state index in [1.807, 2.05) is 41.1 Å². The van der Waals surface area contributed by atoms with Crippen LogP contribution in [0.4, 0.5) is 20.7 Å². The Morgan fingerprint density at radius 1 is 0.971 bits per heavy atom. The molecule has 5 rings (SSSR count). The van der Waals surface area contributed by atoms with Gasteiger partial charge in [-0.15, -0.1) is 0 Å². The fourth-order valence-electron chi connectivity index (χ4n) is 4.08. The molecule has 0 saturated carbocycles. The first-order valence-corrected chi connectivity index (χ1v) is 11.2. The highest BCUT2D eigenvalue weighted by Crippen LogP contribution is 2.28. The summed E-state index contributed by atoms with van der Waals surface area (Å²) in [6.45, 7) is 2.69. The second-order valence-electron chi connectivity index (χ2n) is 8.10. The van der Waals surface area contributed by atoms with E-state index < -0.39 is 12.2 Å². The van der Waals surface area contributed by atoms with Gasteiger partial charge >= 0.3 is 0 Å². The highest BCUT2D eigenvalue weighted by molar-refractivity contribution is 5.77. The van der Waals surface area contributed by atoms with Crippen molar-refractivity contribution in [2.75, 3.05) is 50.3 Å². The monoisotopic (exact) mass is 481 g/mol. The van der Waals surface area contributed by atoms with Gasteiger partial charge in [0.25, 0.3) is 6.43 Å². The smallest absolute Gasteiger partial charge is 0.296 e. The lowest BCUT2D eigenvalue weighted by Gasteiger charge is -2.28. The number of imidazole rings is 1. The van der Waals surface area contributed by atoms with Crippen LogP contribution in [-0.2, 0) is 11.3 Å². The van der Waals surface area contributed by atoms with Crippen LogP contribution in [0.1, 0.15) is 17.8 Å². The molecule has 3 heterocycles. The topological polar surface area (TPSA) is 81.4 Å². The first-order chi connectivity index (χ1) is 17.0. The molecular weight excluding hydrogens is 456 g/mol. The van der Waals surface area contributed by atoms with Crippen LogP contribution in [-0.4, -0.2) is 65.0 Å². The summed E-state index contributed by atoms with van der Waals surface area (Å²) in [6.07, 6.45) is -2.80. The number of nitrogens with zero attached hydrogens (tertiary/aromatic N) is 7. The summed E-state index contributed by atoms with van der Waals surface area (Å²) in [4.78, 5) is 21.9. The van der Waals surface area contributed by atoms with Crippen LogP contribution in [0.15, 0.2) is 48.5 Å². The minimum Gasteiger partial charge on any atom is -0.496 e. The van der Waals surface area contributed by atoms with Crippen molar-refractivity contribution < 1.29 is 18.3 Å². The first kappa shape index (κ1) is 22.9. The maximum atomic E-state index is 14.0. The zero-order valence-electron chi connectivity index (χ0n) is 19.4. The summed E-state index contributed by atoms with van der Waals surface area (Å²) in [5, 5.41) is 0. The van der Waals surface area contributed by atoms with Crippen molar-refractivity contribution in [2.45, 2.75) is 13.0 Å². The lowest BCUT2D eigenvalue weighted by molar-refractivity contribution is 0.122. The number of hydrogen-bond acceptors (Lipinski definition) is 8. The van der Waals surface area contributed by atoms with Gasteiger partial charge in [0, 0.05) is 32.2 Å². The van der Waals surface area contributed by atoms with E-state index in [1.54, 1.807) is 31.4 Å². The molecule has 0 spiro atoms. The van der Waals surface area contributed by atoms with Gasteiger partial charge in [-0.25, -0.2) is 13.8 Å².